The van der Waals surface area contributed by atoms with E-state index in [1.165, 1.54) is 23.1 Å². The van der Waals surface area contributed by atoms with E-state index in [-0.39, 0.29) is 17.1 Å². The lowest BCUT2D eigenvalue weighted by molar-refractivity contribution is -0.117. The number of carbonyl (C=O) groups excluding carboxylic acids is 2. The average molecular weight is 429 g/mol. The van der Waals surface area contributed by atoms with Gasteiger partial charge in [0.15, 0.2) is 0 Å². The SMILES string of the molecule is O=C1CN(C(=O)c2c(F)cccc2Cl)C(c2ccccc2)c2cc(Cl)ccc2N1. The van der Waals surface area contributed by atoms with E-state index >= 15 is 0 Å². The minimum absolute atomic E-state index is 0.0159. The van der Waals surface area contributed by atoms with E-state index in [2.05, 4.69) is 5.32 Å². The Kier molecular flexibility index (Phi) is 5.26. The van der Waals surface area contributed by atoms with E-state index in [1.54, 1.807) is 18.2 Å². The van der Waals surface area contributed by atoms with Gasteiger partial charge in [0, 0.05) is 16.3 Å². The summed E-state index contributed by atoms with van der Waals surface area (Å²) in [7, 11) is 0. The molecule has 0 bridgehead atoms. The predicted octanol–water partition coefficient (Wildman–Crippen LogP) is 5.32. The zero-order valence-electron chi connectivity index (χ0n) is 15.0. The van der Waals surface area contributed by atoms with Crippen LogP contribution in [0.2, 0.25) is 10.0 Å². The van der Waals surface area contributed by atoms with Crippen LogP contribution in [0.3, 0.4) is 0 Å². The average Bonchev–Trinajstić information content (AvgIpc) is 2.84. The molecule has 1 N–H and O–H groups in total. The van der Waals surface area contributed by atoms with Crippen LogP contribution in [0.5, 0.6) is 0 Å². The first-order valence-electron chi connectivity index (χ1n) is 8.85. The predicted molar refractivity (Wildman–Crippen MR) is 111 cm³/mol. The van der Waals surface area contributed by atoms with Crippen molar-refractivity contribution in [2.45, 2.75) is 6.04 Å². The summed E-state index contributed by atoms with van der Waals surface area (Å²) in [6, 6.07) is 17.6. The largest absolute Gasteiger partial charge is 0.324 e. The number of amides is 2. The number of benzene rings is 3. The van der Waals surface area contributed by atoms with Crippen molar-refractivity contribution in [2.24, 2.45) is 0 Å². The molecular weight excluding hydrogens is 414 g/mol. The summed E-state index contributed by atoms with van der Waals surface area (Å²) in [5.74, 6) is -1.82. The topological polar surface area (TPSA) is 49.4 Å². The Balaban J connectivity index is 1.93. The van der Waals surface area contributed by atoms with Crippen molar-refractivity contribution in [3.8, 4) is 0 Å². The number of hydrogen-bond acceptors (Lipinski definition) is 2. The van der Waals surface area contributed by atoms with Crippen LogP contribution in [-0.2, 0) is 4.79 Å². The van der Waals surface area contributed by atoms with Gasteiger partial charge in [-0.3, -0.25) is 9.59 Å². The molecule has 0 saturated heterocycles. The van der Waals surface area contributed by atoms with Crippen molar-refractivity contribution in [3.05, 3.63) is 99.3 Å². The molecule has 1 aliphatic rings. The second-order valence-corrected chi connectivity index (χ2v) is 7.47. The van der Waals surface area contributed by atoms with Gasteiger partial charge in [-0.05, 0) is 35.9 Å². The Morgan fingerprint density at radius 3 is 2.52 bits per heavy atom. The van der Waals surface area contributed by atoms with Gasteiger partial charge in [-0.2, -0.15) is 0 Å². The summed E-state index contributed by atoms with van der Waals surface area (Å²) < 4.78 is 14.5. The molecule has 146 valence electrons. The first-order chi connectivity index (χ1) is 14.0. The Labute approximate surface area is 176 Å². The summed E-state index contributed by atoms with van der Waals surface area (Å²) in [6.45, 7) is -0.268. The number of rotatable bonds is 2. The van der Waals surface area contributed by atoms with E-state index in [0.29, 0.717) is 16.3 Å². The molecule has 0 fully saturated rings. The minimum atomic E-state index is -0.745. The van der Waals surface area contributed by atoms with Crippen LogP contribution in [0.4, 0.5) is 10.1 Å². The van der Waals surface area contributed by atoms with Gasteiger partial charge in [0.1, 0.15) is 12.4 Å². The maximum atomic E-state index is 14.5. The zero-order chi connectivity index (χ0) is 20.5. The van der Waals surface area contributed by atoms with E-state index < -0.39 is 23.7 Å². The molecule has 1 unspecified atom stereocenters. The van der Waals surface area contributed by atoms with Crippen LogP contribution < -0.4 is 5.32 Å². The minimum Gasteiger partial charge on any atom is -0.324 e. The first-order valence-corrected chi connectivity index (χ1v) is 9.60. The zero-order valence-corrected chi connectivity index (χ0v) is 16.5. The van der Waals surface area contributed by atoms with Crippen LogP contribution in [0.15, 0.2) is 66.7 Å². The molecule has 0 spiro atoms. The Hall–Kier alpha value is -2.89. The standard InChI is InChI=1S/C22H15Cl2FN2O2/c23-14-9-10-18-15(11-14)21(13-5-2-1-3-6-13)27(12-19(28)26-18)22(29)20-16(24)7-4-8-17(20)25/h1-11,21H,12H2,(H,26,28). The lowest BCUT2D eigenvalue weighted by atomic mass is 9.95. The molecule has 29 heavy (non-hydrogen) atoms. The van der Waals surface area contributed by atoms with Crippen molar-refractivity contribution in [1.29, 1.82) is 0 Å². The molecule has 3 aromatic carbocycles. The third-order valence-corrected chi connectivity index (χ3v) is 5.31. The third kappa shape index (κ3) is 3.71. The highest BCUT2D eigenvalue weighted by atomic mass is 35.5. The van der Waals surface area contributed by atoms with Crippen molar-refractivity contribution >= 4 is 40.7 Å². The molecule has 3 aromatic rings. The highest BCUT2D eigenvalue weighted by Gasteiger charge is 2.35. The summed E-state index contributed by atoms with van der Waals surface area (Å²) in [5.41, 5.74) is 1.67. The molecule has 4 nitrogen and oxygen atoms in total. The normalized spacial score (nSPS) is 16.0. The summed E-state index contributed by atoms with van der Waals surface area (Å²) in [5, 5.41) is 3.24. The van der Waals surface area contributed by atoms with Gasteiger partial charge < -0.3 is 10.2 Å². The fraction of sp³-hybridized carbons (Fsp3) is 0.0909. The highest BCUT2D eigenvalue weighted by Crippen LogP contribution is 2.38. The van der Waals surface area contributed by atoms with Crippen molar-refractivity contribution in [1.82, 2.24) is 4.90 Å². The molecule has 0 saturated carbocycles. The number of nitrogens with one attached hydrogen (secondary N) is 1. The van der Waals surface area contributed by atoms with Crippen LogP contribution in [0, 0.1) is 5.82 Å². The number of carbonyl (C=O) groups is 2. The smallest absolute Gasteiger partial charge is 0.259 e. The van der Waals surface area contributed by atoms with Crippen molar-refractivity contribution < 1.29 is 14.0 Å². The maximum Gasteiger partial charge on any atom is 0.259 e. The lowest BCUT2D eigenvalue weighted by Crippen LogP contribution is -2.39. The van der Waals surface area contributed by atoms with E-state index in [0.717, 1.165) is 5.56 Å². The Morgan fingerprint density at radius 1 is 1.03 bits per heavy atom. The molecule has 1 aliphatic heterocycles. The van der Waals surface area contributed by atoms with Gasteiger partial charge in [0.05, 0.1) is 16.6 Å². The number of hydrogen-bond donors (Lipinski definition) is 1. The molecule has 0 aliphatic carbocycles. The Bertz CT molecular complexity index is 1080. The molecule has 0 aromatic heterocycles. The maximum absolute atomic E-state index is 14.5. The molecule has 7 heteroatoms. The van der Waals surface area contributed by atoms with Crippen molar-refractivity contribution in [3.63, 3.8) is 0 Å². The van der Waals surface area contributed by atoms with Gasteiger partial charge >= 0.3 is 0 Å². The first kappa shape index (κ1) is 19.4. The second-order valence-electron chi connectivity index (χ2n) is 6.62. The van der Waals surface area contributed by atoms with E-state index in [4.69, 9.17) is 23.2 Å². The highest BCUT2D eigenvalue weighted by molar-refractivity contribution is 6.34. The van der Waals surface area contributed by atoms with E-state index in [9.17, 15) is 14.0 Å². The van der Waals surface area contributed by atoms with E-state index in [1.807, 2.05) is 30.3 Å². The van der Waals surface area contributed by atoms with Gasteiger partial charge in [-0.15, -0.1) is 0 Å². The van der Waals surface area contributed by atoms with Crippen LogP contribution in [0.25, 0.3) is 0 Å². The fourth-order valence-corrected chi connectivity index (χ4v) is 3.93. The summed E-state index contributed by atoms with van der Waals surface area (Å²) in [6.07, 6.45) is 0. The molecule has 1 heterocycles. The molecular formula is C22H15Cl2FN2O2. The molecule has 0 radical (unpaired) electrons. The Morgan fingerprint density at radius 2 is 1.79 bits per heavy atom. The number of fused-ring (bicyclic) bond motifs is 1. The number of halogens is 3. The molecule has 4 rings (SSSR count). The lowest BCUT2D eigenvalue weighted by Gasteiger charge is -2.31. The van der Waals surface area contributed by atoms with Gasteiger partial charge in [0.2, 0.25) is 5.91 Å². The van der Waals surface area contributed by atoms with Gasteiger partial charge in [0.25, 0.3) is 5.91 Å². The molecule has 2 amide bonds. The monoisotopic (exact) mass is 428 g/mol. The van der Waals surface area contributed by atoms with Gasteiger partial charge in [-0.1, -0.05) is 59.6 Å². The quantitative estimate of drug-likeness (QED) is 0.600. The summed E-state index contributed by atoms with van der Waals surface area (Å²) >= 11 is 12.3. The molecule has 1 atom stereocenters. The third-order valence-electron chi connectivity index (χ3n) is 4.76. The van der Waals surface area contributed by atoms with Crippen LogP contribution in [0.1, 0.15) is 27.5 Å². The van der Waals surface area contributed by atoms with Crippen molar-refractivity contribution in [2.75, 3.05) is 11.9 Å². The summed E-state index contributed by atoms with van der Waals surface area (Å²) in [4.78, 5) is 27.3. The number of nitrogens with zero attached hydrogens (tertiary/aromatic N) is 1. The number of anilines is 1. The van der Waals surface area contributed by atoms with Crippen LogP contribution in [-0.4, -0.2) is 23.3 Å². The van der Waals surface area contributed by atoms with Crippen LogP contribution >= 0.6 is 23.2 Å². The van der Waals surface area contributed by atoms with Gasteiger partial charge in [-0.25, -0.2) is 4.39 Å². The fourth-order valence-electron chi connectivity index (χ4n) is 3.51. The second kappa shape index (κ2) is 7.85.